The third-order valence-electron chi connectivity index (χ3n) is 5.40. The first kappa shape index (κ1) is 13.8. The Balaban J connectivity index is 2.53. The predicted molar refractivity (Wildman–Crippen MR) is 70.0 cm³/mol. The molecule has 0 aromatic carbocycles. The highest BCUT2D eigenvalue weighted by molar-refractivity contribution is 5.95. The number of rotatable bonds is 1. The zero-order valence-corrected chi connectivity index (χ0v) is 11.7. The Kier molecular flexibility index (Phi) is 3.19. The van der Waals surface area contributed by atoms with E-state index in [1.807, 2.05) is 20.8 Å². The normalized spacial score (nSPS) is 43.3. The molecule has 0 saturated heterocycles. The summed E-state index contributed by atoms with van der Waals surface area (Å²) in [7, 11) is 0. The monoisotopic (exact) mass is 252 g/mol. The fourth-order valence-corrected chi connectivity index (χ4v) is 4.35. The number of carbonyl (C=O) groups is 1. The van der Waals surface area contributed by atoms with Crippen LogP contribution in [0.2, 0.25) is 0 Å². The molecule has 2 aliphatic rings. The van der Waals surface area contributed by atoms with Gasteiger partial charge in [-0.25, -0.2) is 0 Å². The van der Waals surface area contributed by atoms with Crippen molar-refractivity contribution in [1.82, 2.24) is 0 Å². The van der Waals surface area contributed by atoms with Crippen LogP contribution in [0.25, 0.3) is 0 Å². The summed E-state index contributed by atoms with van der Waals surface area (Å²) in [6.07, 6.45) is 2.74. The molecule has 0 bridgehead atoms. The second kappa shape index (κ2) is 4.17. The van der Waals surface area contributed by atoms with Crippen LogP contribution >= 0.6 is 0 Å². The van der Waals surface area contributed by atoms with Gasteiger partial charge in [-0.3, -0.25) is 4.79 Å². The van der Waals surface area contributed by atoms with Gasteiger partial charge in [0.15, 0.2) is 5.78 Å². The quantitative estimate of drug-likeness (QED) is 0.749. The number of hydrogen-bond acceptors (Lipinski definition) is 3. The molecule has 0 aromatic heterocycles. The lowest BCUT2D eigenvalue weighted by Gasteiger charge is -2.56. The molecule has 3 heteroatoms. The smallest absolute Gasteiger partial charge is 0.159 e. The number of aliphatic hydroxyl groups is 2. The molecular formula is C15H24O3. The molecule has 1 fully saturated rings. The van der Waals surface area contributed by atoms with Crippen LogP contribution in [-0.4, -0.2) is 28.7 Å². The van der Waals surface area contributed by atoms with Crippen molar-refractivity contribution < 1.29 is 15.0 Å². The third-order valence-corrected chi connectivity index (χ3v) is 5.40. The summed E-state index contributed by atoms with van der Waals surface area (Å²) in [6.45, 7) is 8.05. The van der Waals surface area contributed by atoms with E-state index >= 15 is 0 Å². The van der Waals surface area contributed by atoms with E-state index in [0.29, 0.717) is 6.42 Å². The second-order valence-corrected chi connectivity index (χ2v) is 6.84. The number of carbonyl (C=O) groups excluding carboxylic acids is 1. The number of fused-ring (bicyclic) bond motifs is 1. The lowest BCUT2D eigenvalue weighted by Crippen LogP contribution is -2.57. The lowest BCUT2D eigenvalue weighted by atomic mass is 9.47. The lowest BCUT2D eigenvalue weighted by molar-refractivity contribution is -0.153. The Labute approximate surface area is 109 Å². The first-order valence-corrected chi connectivity index (χ1v) is 6.76. The van der Waals surface area contributed by atoms with Crippen molar-refractivity contribution in [3.05, 3.63) is 11.6 Å². The molecule has 3 nitrogen and oxygen atoms in total. The van der Waals surface area contributed by atoms with E-state index in [-0.39, 0.29) is 29.6 Å². The molecule has 0 aromatic rings. The summed E-state index contributed by atoms with van der Waals surface area (Å²) < 4.78 is 0. The number of ketones is 1. The third kappa shape index (κ3) is 1.68. The Morgan fingerprint density at radius 3 is 2.56 bits per heavy atom. The molecule has 2 rings (SSSR count). The minimum Gasteiger partial charge on any atom is -0.396 e. The highest BCUT2D eigenvalue weighted by atomic mass is 16.3. The van der Waals surface area contributed by atoms with Crippen molar-refractivity contribution in [2.75, 3.05) is 6.61 Å². The molecule has 2 N–H and O–H groups in total. The van der Waals surface area contributed by atoms with Gasteiger partial charge in [-0.15, -0.1) is 0 Å². The van der Waals surface area contributed by atoms with Crippen LogP contribution in [0.4, 0.5) is 0 Å². The molecule has 0 aliphatic heterocycles. The predicted octanol–water partition coefficient (Wildman–Crippen LogP) is 1.93. The van der Waals surface area contributed by atoms with E-state index in [0.717, 1.165) is 12.0 Å². The highest BCUT2D eigenvalue weighted by Gasteiger charge is 2.58. The molecule has 0 unspecified atom stereocenters. The van der Waals surface area contributed by atoms with Gasteiger partial charge in [0.2, 0.25) is 0 Å². The summed E-state index contributed by atoms with van der Waals surface area (Å²) in [5.41, 5.74) is 0.329. The summed E-state index contributed by atoms with van der Waals surface area (Å²) in [4.78, 5) is 12.4. The first-order chi connectivity index (χ1) is 8.25. The largest absolute Gasteiger partial charge is 0.396 e. The Morgan fingerprint density at radius 1 is 1.39 bits per heavy atom. The summed E-state index contributed by atoms with van der Waals surface area (Å²) >= 11 is 0. The molecule has 0 heterocycles. The SMILES string of the molecule is CC1=CC(=O)[C@@H]2C(C)(C)[C@H](O)CC[C@@]2(C)[C@H]1CO. The van der Waals surface area contributed by atoms with Gasteiger partial charge >= 0.3 is 0 Å². The highest BCUT2D eigenvalue weighted by Crippen LogP contribution is 2.58. The molecule has 18 heavy (non-hydrogen) atoms. The number of allylic oxidation sites excluding steroid dienone is 1. The van der Waals surface area contributed by atoms with Crippen molar-refractivity contribution >= 4 is 5.78 Å². The van der Waals surface area contributed by atoms with Gasteiger partial charge in [0, 0.05) is 17.3 Å². The maximum Gasteiger partial charge on any atom is 0.159 e. The topological polar surface area (TPSA) is 57.5 Å². The van der Waals surface area contributed by atoms with Crippen molar-refractivity contribution in [2.45, 2.75) is 46.6 Å². The van der Waals surface area contributed by atoms with Gasteiger partial charge in [-0.1, -0.05) is 26.3 Å². The summed E-state index contributed by atoms with van der Waals surface area (Å²) in [6, 6.07) is 0. The van der Waals surface area contributed by atoms with E-state index in [2.05, 4.69) is 6.92 Å². The van der Waals surface area contributed by atoms with Crippen LogP contribution in [0.1, 0.15) is 40.5 Å². The van der Waals surface area contributed by atoms with Crippen LogP contribution in [0.3, 0.4) is 0 Å². The standard InChI is InChI=1S/C15H24O3/c1-9-7-11(17)13-14(2,3)12(18)5-6-15(13,4)10(9)8-16/h7,10,12-13,16,18H,5-6,8H2,1-4H3/t10-,12+,13+,15-/m0/s1. The molecule has 0 radical (unpaired) electrons. The summed E-state index contributed by atoms with van der Waals surface area (Å²) in [5, 5.41) is 19.9. The zero-order valence-electron chi connectivity index (χ0n) is 11.7. The van der Waals surface area contributed by atoms with Crippen molar-refractivity contribution in [3.63, 3.8) is 0 Å². The van der Waals surface area contributed by atoms with Crippen LogP contribution < -0.4 is 0 Å². The minimum atomic E-state index is -0.439. The fraction of sp³-hybridized carbons (Fsp3) is 0.800. The molecule has 1 saturated carbocycles. The van der Waals surface area contributed by atoms with Crippen molar-refractivity contribution in [2.24, 2.45) is 22.7 Å². The fourth-order valence-electron chi connectivity index (χ4n) is 4.35. The van der Waals surface area contributed by atoms with Crippen LogP contribution in [0.5, 0.6) is 0 Å². The van der Waals surface area contributed by atoms with Crippen LogP contribution in [0.15, 0.2) is 11.6 Å². The molecular weight excluding hydrogens is 228 g/mol. The minimum absolute atomic E-state index is 0.0342. The van der Waals surface area contributed by atoms with Crippen LogP contribution in [-0.2, 0) is 4.79 Å². The molecule has 4 atom stereocenters. The molecule has 2 aliphatic carbocycles. The number of aliphatic hydroxyl groups excluding tert-OH is 2. The van der Waals surface area contributed by atoms with E-state index in [1.165, 1.54) is 0 Å². The van der Waals surface area contributed by atoms with Gasteiger partial charge in [-0.05, 0) is 31.3 Å². The Bertz CT molecular complexity index is 397. The maximum absolute atomic E-state index is 12.4. The summed E-state index contributed by atoms with van der Waals surface area (Å²) in [5.74, 6) is -0.0509. The van der Waals surface area contributed by atoms with Crippen molar-refractivity contribution in [1.29, 1.82) is 0 Å². The van der Waals surface area contributed by atoms with Gasteiger partial charge < -0.3 is 10.2 Å². The Morgan fingerprint density at radius 2 is 2.00 bits per heavy atom. The van der Waals surface area contributed by atoms with E-state index < -0.39 is 11.5 Å². The molecule has 0 amide bonds. The van der Waals surface area contributed by atoms with E-state index in [4.69, 9.17) is 0 Å². The van der Waals surface area contributed by atoms with Crippen LogP contribution in [0, 0.1) is 22.7 Å². The number of hydrogen-bond donors (Lipinski definition) is 2. The molecule has 0 spiro atoms. The van der Waals surface area contributed by atoms with E-state index in [9.17, 15) is 15.0 Å². The maximum atomic E-state index is 12.4. The Hall–Kier alpha value is -0.670. The first-order valence-electron chi connectivity index (χ1n) is 6.76. The average molecular weight is 252 g/mol. The van der Waals surface area contributed by atoms with Gasteiger partial charge in [0.1, 0.15) is 0 Å². The van der Waals surface area contributed by atoms with Gasteiger partial charge in [0.25, 0.3) is 0 Å². The van der Waals surface area contributed by atoms with E-state index in [1.54, 1.807) is 6.08 Å². The van der Waals surface area contributed by atoms with Crippen molar-refractivity contribution in [3.8, 4) is 0 Å². The molecule has 102 valence electrons. The van der Waals surface area contributed by atoms with Gasteiger partial charge in [-0.2, -0.15) is 0 Å². The second-order valence-electron chi connectivity index (χ2n) is 6.84. The zero-order chi connectivity index (χ0) is 13.7. The van der Waals surface area contributed by atoms with Gasteiger partial charge in [0.05, 0.1) is 12.7 Å². The average Bonchev–Trinajstić information content (AvgIpc) is 2.23.